The van der Waals surface area contributed by atoms with Crippen LogP contribution in [0.15, 0.2) is 45.8 Å². The van der Waals surface area contributed by atoms with Gasteiger partial charge in [0.05, 0.1) is 15.1 Å². The van der Waals surface area contributed by atoms with E-state index in [0.29, 0.717) is 0 Å². The second-order valence-electron chi connectivity index (χ2n) is 3.85. The van der Waals surface area contributed by atoms with Crippen molar-refractivity contribution in [2.24, 2.45) is 0 Å². The van der Waals surface area contributed by atoms with Crippen molar-refractivity contribution in [2.75, 3.05) is 4.72 Å². The normalized spacial score (nSPS) is 11.3. The molecule has 106 valence electrons. The summed E-state index contributed by atoms with van der Waals surface area (Å²) in [6, 6.07) is 6.30. The fraction of sp³-hybridized carbons (Fsp3) is 0. The summed E-state index contributed by atoms with van der Waals surface area (Å²) in [6.45, 7) is 0. The second-order valence-corrected chi connectivity index (χ2v) is 6.38. The van der Waals surface area contributed by atoms with Gasteiger partial charge in [-0.25, -0.2) is 17.2 Å². The molecule has 4 nitrogen and oxygen atoms in total. The summed E-state index contributed by atoms with van der Waals surface area (Å²) in [5.41, 5.74) is -0.0800. The molecule has 0 aliphatic rings. The molecule has 2 aromatic rings. The lowest BCUT2D eigenvalue weighted by Crippen LogP contribution is -2.13. The van der Waals surface area contributed by atoms with Crippen molar-refractivity contribution < 1.29 is 22.3 Å². The van der Waals surface area contributed by atoms with Gasteiger partial charge in [-0.2, -0.15) is 0 Å². The average Bonchev–Trinajstić information content (AvgIpc) is 2.37. The van der Waals surface area contributed by atoms with Crippen LogP contribution < -0.4 is 4.72 Å². The molecule has 0 fully saturated rings. The van der Waals surface area contributed by atoms with Crippen molar-refractivity contribution in [1.82, 2.24) is 0 Å². The van der Waals surface area contributed by atoms with Gasteiger partial charge < -0.3 is 5.11 Å². The van der Waals surface area contributed by atoms with E-state index in [2.05, 4.69) is 20.7 Å². The number of rotatable bonds is 3. The second kappa shape index (κ2) is 5.37. The molecule has 0 aliphatic heterocycles. The van der Waals surface area contributed by atoms with Gasteiger partial charge in [0.25, 0.3) is 10.0 Å². The summed E-state index contributed by atoms with van der Waals surface area (Å²) >= 11 is 2.91. The third-order valence-electron chi connectivity index (χ3n) is 2.40. The predicted octanol–water partition coefficient (Wildman–Crippen LogP) is 3.23. The van der Waals surface area contributed by atoms with Crippen molar-refractivity contribution in [3.8, 4) is 5.75 Å². The number of hydrogen-bond acceptors (Lipinski definition) is 3. The Morgan fingerprint density at radius 3 is 2.35 bits per heavy atom. The smallest absolute Gasteiger partial charge is 0.261 e. The number of halogens is 3. The molecule has 0 aliphatic carbocycles. The highest BCUT2D eigenvalue weighted by Crippen LogP contribution is 2.24. The van der Waals surface area contributed by atoms with Crippen molar-refractivity contribution in [2.45, 2.75) is 4.90 Å². The maximum absolute atomic E-state index is 13.3. The van der Waals surface area contributed by atoms with Gasteiger partial charge in [-0.05, 0) is 46.3 Å². The lowest BCUT2D eigenvalue weighted by Gasteiger charge is -2.09. The number of nitrogens with one attached hydrogen (secondary N) is 1. The van der Waals surface area contributed by atoms with E-state index in [9.17, 15) is 17.2 Å². The van der Waals surface area contributed by atoms with Crippen molar-refractivity contribution in [3.63, 3.8) is 0 Å². The number of phenols is 1. The fourth-order valence-corrected chi connectivity index (χ4v) is 2.74. The molecule has 8 heteroatoms. The molecule has 2 rings (SSSR count). The lowest BCUT2D eigenvalue weighted by atomic mass is 10.3. The number of anilines is 1. The zero-order chi connectivity index (χ0) is 14.9. The summed E-state index contributed by atoms with van der Waals surface area (Å²) in [4.78, 5) is -0.299. The van der Waals surface area contributed by atoms with Gasteiger partial charge in [-0.15, -0.1) is 0 Å². The molecule has 2 N–H and O–H groups in total. The van der Waals surface area contributed by atoms with Crippen LogP contribution in [0.1, 0.15) is 0 Å². The van der Waals surface area contributed by atoms with Crippen molar-refractivity contribution >= 4 is 31.6 Å². The predicted molar refractivity (Wildman–Crippen MR) is 73.0 cm³/mol. The van der Waals surface area contributed by atoms with Crippen molar-refractivity contribution in [1.29, 1.82) is 0 Å². The van der Waals surface area contributed by atoms with Crippen LogP contribution in [-0.2, 0) is 10.0 Å². The summed E-state index contributed by atoms with van der Waals surface area (Å²) < 4.78 is 52.6. The molecule has 2 aromatic carbocycles. The van der Waals surface area contributed by atoms with Gasteiger partial charge in [0.15, 0.2) is 11.6 Å². The highest BCUT2D eigenvalue weighted by molar-refractivity contribution is 9.10. The van der Waals surface area contributed by atoms with Crippen LogP contribution in [0.25, 0.3) is 0 Å². The minimum Gasteiger partial charge on any atom is -0.505 e. The topological polar surface area (TPSA) is 66.4 Å². The molecule has 0 bridgehead atoms. The molecule has 0 atom stereocenters. The van der Waals surface area contributed by atoms with Gasteiger partial charge >= 0.3 is 0 Å². The Labute approximate surface area is 122 Å². The van der Waals surface area contributed by atoms with Crippen LogP contribution in [0.3, 0.4) is 0 Å². The molecule has 0 saturated heterocycles. The van der Waals surface area contributed by atoms with Crippen LogP contribution >= 0.6 is 15.9 Å². The lowest BCUT2D eigenvalue weighted by molar-refractivity contribution is 0.432. The quantitative estimate of drug-likeness (QED) is 0.822. The molecule has 20 heavy (non-hydrogen) atoms. The van der Waals surface area contributed by atoms with Gasteiger partial charge in [-0.3, -0.25) is 4.72 Å². The Morgan fingerprint density at radius 1 is 1.05 bits per heavy atom. The van der Waals surface area contributed by atoms with Gasteiger partial charge in [0, 0.05) is 6.07 Å². The van der Waals surface area contributed by atoms with E-state index in [-0.39, 0.29) is 15.1 Å². The summed E-state index contributed by atoms with van der Waals surface area (Å²) in [7, 11) is -4.04. The van der Waals surface area contributed by atoms with Crippen LogP contribution in [-0.4, -0.2) is 13.5 Å². The third kappa shape index (κ3) is 3.07. The molecule has 0 radical (unpaired) electrons. The molecule has 0 saturated carbocycles. The highest BCUT2D eigenvalue weighted by Gasteiger charge is 2.16. The summed E-state index contributed by atoms with van der Waals surface area (Å²) in [5, 5.41) is 9.02. The van der Waals surface area contributed by atoms with E-state index in [4.69, 9.17) is 5.11 Å². The van der Waals surface area contributed by atoms with Crippen LogP contribution in [0.5, 0.6) is 5.75 Å². The Kier molecular flexibility index (Phi) is 3.96. The molecule has 0 heterocycles. The number of benzene rings is 2. The molecule has 0 aromatic heterocycles. The monoisotopic (exact) mass is 363 g/mol. The average molecular weight is 364 g/mol. The first kappa shape index (κ1) is 14.7. The summed E-state index contributed by atoms with van der Waals surface area (Å²) in [6.07, 6.45) is 0. The minimum absolute atomic E-state index is 0.0800. The first-order chi connectivity index (χ1) is 9.29. The van der Waals surface area contributed by atoms with E-state index in [1.807, 2.05) is 0 Å². The molecule has 0 amide bonds. The highest BCUT2D eigenvalue weighted by atomic mass is 79.9. The van der Waals surface area contributed by atoms with Crippen LogP contribution in [0.2, 0.25) is 0 Å². The van der Waals surface area contributed by atoms with Crippen molar-refractivity contribution in [3.05, 3.63) is 52.5 Å². The number of sulfonamides is 1. The molecular weight excluding hydrogens is 356 g/mol. The first-order valence-electron chi connectivity index (χ1n) is 5.26. The zero-order valence-electron chi connectivity index (χ0n) is 9.77. The Hall–Kier alpha value is -1.67. The van der Waals surface area contributed by atoms with E-state index in [0.717, 1.165) is 18.2 Å². The largest absolute Gasteiger partial charge is 0.505 e. The Balaban J connectivity index is 2.35. The summed E-state index contributed by atoms with van der Waals surface area (Å²) in [5.74, 6) is -2.29. The van der Waals surface area contributed by atoms with Crippen LogP contribution in [0.4, 0.5) is 14.5 Å². The Bertz CT molecular complexity index is 765. The minimum atomic E-state index is -4.04. The standard InChI is InChI=1S/C12H8BrF2NO3S/c13-9-3-2-8(6-10(9)14)20(18,19)16-7-1-4-12(17)11(15)5-7/h1-6,16-17H. The van der Waals surface area contributed by atoms with E-state index < -0.39 is 27.4 Å². The first-order valence-corrected chi connectivity index (χ1v) is 7.53. The zero-order valence-corrected chi connectivity index (χ0v) is 12.2. The number of hydrogen-bond donors (Lipinski definition) is 2. The molecule has 0 spiro atoms. The maximum atomic E-state index is 13.3. The fourth-order valence-electron chi connectivity index (χ4n) is 1.43. The van der Waals surface area contributed by atoms with E-state index in [1.54, 1.807) is 0 Å². The third-order valence-corrected chi connectivity index (χ3v) is 4.42. The SMILES string of the molecule is O=S(=O)(Nc1ccc(O)c(F)c1)c1ccc(Br)c(F)c1. The van der Waals surface area contributed by atoms with Crippen LogP contribution in [0, 0.1) is 11.6 Å². The Morgan fingerprint density at radius 2 is 1.75 bits per heavy atom. The number of phenolic OH excluding ortho intramolecular Hbond substituents is 1. The molecule has 0 unspecified atom stereocenters. The maximum Gasteiger partial charge on any atom is 0.261 e. The van der Waals surface area contributed by atoms with Gasteiger partial charge in [-0.1, -0.05) is 0 Å². The number of aromatic hydroxyl groups is 1. The van der Waals surface area contributed by atoms with Gasteiger partial charge in [0.1, 0.15) is 5.82 Å². The van der Waals surface area contributed by atoms with Gasteiger partial charge in [0.2, 0.25) is 0 Å². The van der Waals surface area contributed by atoms with E-state index >= 15 is 0 Å². The van der Waals surface area contributed by atoms with E-state index in [1.165, 1.54) is 18.2 Å². The molecular formula is C12H8BrF2NO3S.